The maximum Gasteiger partial charge on any atom is 0.284 e. The summed E-state index contributed by atoms with van der Waals surface area (Å²) in [7, 11) is 0. The smallest absolute Gasteiger partial charge is 0.284 e. The third kappa shape index (κ3) is 3.29. The molecule has 6 nitrogen and oxygen atoms in total. The van der Waals surface area contributed by atoms with E-state index in [1.54, 1.807) is 18.5 Å². The van der Waals surface area contributed by atoms with Crippen LogP contribution in [0.3, 0.4) is 0 Å². The lowest BCUT2D eigenvalue weighted by Gasteiger charge is -2.29. The standard InChI is InChI=1S/C24H24F2N6/c1-24(25,26)19-11-16-15(7-8-28-21(16)30-19)22-29-18-13-27-12-17(14-5-6-14)20(18)23(31-22)32-9-3-2-4-10-32/h7-8,11-14H,2-6,9-10H2,1H3,(H,28,30). The van der Waals surface area contributed by atoms with Crippen molar-refractivity contribution >= 4 is 27.8 Å². The van der Waals surface area contributed by atoms with Gasteiger partial charge in [0.15, 0.2) is 5.82 Å². The summed E-state index contributed by atoms with van der Waals surface area (Å²) in [5.74, 6) is -0.999. The molecule has 0 spiro atoms. The van der Waals surface area contributed by atoms with Gasteiger partial charge in [0.25, 0.3) is 5.92 Å². The summed E-state index contributed by atoms with van der Waals surface area (Å²) in [5, 5.41) is 1.69. The molecule has 0 radical (unpaired) electrons. The van der Waals surface area contributed by atoms with Crippen LogP contribution in [0.15, 0.2) is 30.7 Å². The Bertz CT molecular complexity index is 1320. The van der Waals surface area contributed by atoms with Crippen LogP contribution in [-0.2, 0) is 5.92 Å². The molecular weight excluding hydrogens is 410 g/mol. The van der Waals surface area contributed by atoms with Gasteiger partial charge in [-0.1, -0.05) is 0 Å². The lowest BCUT2D eigenvalue weighted by atomic mass is 10.0. The van der Waals surface area contributed by atoms with E-state index in [0.717, 1.165) is 49.6 Å². The summed E-state index contributed by atoms with van der Waals surface area (Å²) in [6, 6.07) is 3.26. The number of fused-ring (bicyclic) bond motifs is 2. The molecule has 4 aromatic heterocycles. The number of hydrogen-bond acceptors (Lipinski definition) is 5. The highest BCUT2D eigenvalue weighted by Crippen LogP contribution is 2.45. The van der Waals surface area contributed by atoms with Crippen molar-refractivity contribution in [1.82, 2.24) is 24.9 Å². The van der Waals surface area contributed by atoms with Crippen LogP contribution in [0.4, 0.5) is 14.6 Å². The molecule has 1 N–H and O–H groups in total. The zero-order valence-corrected chi connectivity index (χ0v) is 17.9. The molecule has 0 bridgehead atoms. The molecule has 1 aliphatic heterocycles. The first-order chi connectivity index (χ1) is 15.5. The molecule has 6 rings (SSSR count). The van der Waals surface area contributed by atoms with Gasteiger partial charge >= 0.3 is 0 Å². The fraction of sp³-hybridized carbons (Fsp3) is 0.417. The Morgan fingerprint density at radius 3 is 2.66 bits per heavy atom. The molecule has 0 unspecified atom stereocenters. The van der Waals surface area contributed by atoms with Crippen LogP contribution in [0.2, 0.25) is 0 Å². The van der Waals surface area contributed by atoms with Crippen molar-refractivity contribution in [2.45, 2.75) is 50.9 Å². The van der Waals surface area contributed by atoms with Crippen molar-refractivity contribution < 1.29 is 8.78 Å². The molecule has 0 aromatic carbocycles. The van der Waals surface area contributed by atoms with Gasteiger partial charge in [0, 0.05) is 48.7 Å². The predicted octanol–water partition coefficient (Wildman–Crippen LogP) is 5.55. The predicted molar refractivity (Wildman–Crippen MR) is 120 cm³/mol. The van der Waals surface area contributed by atoms with E-state index in [9.17, 15) is 8.78 Å². The van der Waals surface area contributed by atoms with Crippen molar-refractivity contribution in [2.24, 2.45) is 0 Å². The number of H-pyrrole nitrogens is 1. The second-order valence-corrected chi connectivity index (χ2v) is 9.01. The van der Waals surface area contributed by atoms with Crippen LogP contribution in [0.5, 0.6) is 0 Å². The third-order valence-electron chi connectivity index (χ3n) is 6.54. The van der Waals surface area contributed by atoms with E-state index in [1.807, 2.05) is 6.20 Å². The SMILES string of the molecule is CC(F)(F)c1cc2c(-c3nc(N4CCCCC4)c4c(C5CC5)cncc4n3)ccnc2[nH]1. The Labute approximate surface area is 184 Å². The summed E-state index contributed by atoms with van der Waals surface area (Å²) >= 11 is 0. The van der Waals surface area contributed by atoms with E-state index in [2.05, 4.69) is 19.9 Å². The zero-order chi connectivity index (χ0) is 21.9. The van der Waals surface area contributed by atoms with Gasteiger partial charge in [0.05, 0.1) is 17.4 Å². The molecule has 1 saturated heterocycles. The first-order valence-corrected chi connectivity index (χ1v) is 11.3. The normalized spacial score (nSPS) is 17.4. The molecule has 1 saturated carbocycles. The van der Waals surface area contributed by atoms with Crippen LogP contribution in [0.1, 0.15) is 56.2 Å². The molecule has 5 heterocycles. The number of nitrogens with one attached hydrogen (secondary N) is 1. The largest absolute Gasteiger partial charge is 0.356 e. The van der Waals surface area contributed by atoms with Gasteiger partial charge in [-0.25, -0.2) is 23.7 Å². The third-order valence-corrected chi connectivity index (χ3v) is 6.54. The van der Waals surface area contributed by atoms with Crippen molar-refractivity contribution in [3.05, 3.63) is 42.0 Å². The summed E-state index contributed by atoms with van der Waals surface area (Å²) < 4.78 is 27.9. The van der Waals surface area contributed by atoms with Crippen LogP contribution in [-0.4, -0.2) is 38.0 Å². The molecule has 164 valence electrons. The number of pyridine rings is 2. The van der Waals surface area contributed by atoms with Gasteiger partial charge in [-0.2, -0.15) is 0 Å². The van der Waals surface area contributed by atoms with Crippen molar-refractivity contribution in [1.29, 1.82) is 0 Å². The van der Waals surface area contributed by atoms with E-state index in [0.29, 0.717) is 28.3 Å². The second-order valence-electron chi connectivity index (χ2n) is 9.01. The van der Waals surface area contributed by atoms with Gasteiger partial charge < -0.3 is 9.88 Å². The Hall–Kier alpha value is -3.16. The number of piperidine rings is 1. The fourth-order valence-electron chi connectivity index (χ4n) is 4.71. The number of halogens is 2. The van der Waals surface area contributed by atoms with E-state index < -0.39 is 5.92 Å². The van der Waals surface area contributed by atoms with E-state index >= 15 is 0 Å². The molecule has 32 heavy (non-hydrogen) atoms. The van der Waals surface area contributed by atoms with E-state index in [1.165, 1.54) is 30.9 Å². The highest BCUT2D eigenvalue weighted by Gasteiger charge is 2.30. The van der Waals surface area contributed by atoms with Crippen LogP contribution in [0.25, 0.3) is 33.3 Å². The summed E-state index contributed by atoms with van der Waals surface area (Å²) in [6.45, 7) is 2.80. The quantitative estimate of drug-likeness (QED) is 0.456. The van der Waals surface area contributed by atoms with Crippen LogP contribution in [0, 0.1) is 0 Å². The number of rotatable bonds is 4. The second kappa shape index (κ2) is 7.18. The minimum absolute atomic E-state index is 0.165. The lowest BCUT2D eigenvalue weighted by Crippen LogP contribution is -2.30. The number of aromatic amines is 1. The van der Waals surface area contributed by atoms with Crippen molar-refractivity contribution in [2.75, 3.05) is 18.0 Å². The number of aromatic nitrogens is 5. The van der Waals surface area contributed by atoms with Gasteiger partial charge in [-0.05, 0) is 55.7 Å². The average Bonchev–Trinajstić information content (AvgIpc) is 3.54. The first kappa shape index (κ1) is 19.5. The van der Waals surface area contributed by atoms with Gasteiger partial charge in [0.1, 0.15) is 11.5 Å². The van der Waals surface area contributed by atoms with Crippen molar-refractivity contribution in [3.8, 4) is 11.4 Å². The zero-order valence-electron chi connectivity index (χ0n) is 17.9. The van der Waals surface area contributed by atoms with Crippen LogP contribution >= 0.6 is 0 Å². The maximum atomic E-state index is 14.0. The topological polar surface area (TPSA) is 70.6 Å². The van der Waals surface area contributed by atoms with Crippen LogP contribution < -0.4 is 4.90 Å². The Balaban J connectivity index is 1.58. The fourth-order valence-corrected chi connectivity index (χ4v) is 4.71. The molecule has 0 amide bonds. The van der Waals surface area contributed by atoms with Gasteiger partial charge in [-0.15, -0.1) is 0 Å². The summed E-state index contributed by atoms with van der Waals surface area (Å²) in [5.41, 5.74) is 2.97. The number of hydrogen-bond donors (Lipinski definition) is 1. The summed E-state index contributed by atoms with van der Waals surface area (Å²) in [4.78, 5) is 23.7. The maximum absolute atomic E-state index is 14.0. The molecule has 8 heteroatoms. The Morgan fingerprint density at radius 1 is 1.09 bits per heavy atom. The van der Waals surface area contributed by atoms with E-state index in [4.69, 9.17) is 9.97 Å². The monoisotopic (exact) mass is 434 g/mol. The van der Waals surface area contributed by atoms with Crippen molar-refractivity contribution in [3.63, 3.8) is 0 Å². The highest BCUT2D eigenvalue weighted by atomic mass is 19.3. The molecule has 0 atom stereocenters. The molecule has 2 aliphatic rings. The molecule has 2 fully saturated rings. The average molecular weight is 434 g/mol. The Morgan fingerprint density at radius 2 is 1.91 bits per heavy atom. The first-order valence-electron chi connectivity index (χ1n) is 11.3. The number of nitrogens with zero attached hydrogens (tertiary/aromatic N) is 5. The number of alkyl halides is 2. The highest BCUT2D eigenvalue weighted by molar-refractivity contribution is 5.97. The minimum Gasteiger partial charge on any atom is -0.356 e. The number of anilines is 1. The lowest BCUT2D eigenvalue weighted by molar-refractivity contribution is 0.0135. The molecule has 1 aliphatic carbocycles. The Kier molecular flexibility index (Phi) is 4.38. The van der Waals surface area contributed by atoms with E-state index in [-0.39, 0.29) is 5.69 Å². The summed E-state index contributed by atoms with van der Waals surface area (Å²) in [6.07, 6.45) is 11.2. The minimum atomic E-state index is -2.98. The van der Waals surface area contributed by atoms with Gasteiger partial charge in [-0.3, -0.25) is 4.98 Å². The van der Waals surface area contributed by atoms with Gasteiger partial charge in [0.2, 0.25) is 0 Å². The molecule has 4 aromatic rings. The molecular formula is C24H24F2N6.